The molecule has 3 rings (SSSR count). The number of carbonyl (C=O) groups is 1. The van der Waals surface area contributed by atoms with Gasteiger partial charge in [-0.05, 0) is 26.7 Å². The molecule has 8 heteroatoms. The number of anilines is 1. The van der Waals surface area contributed by atoms with Gasteiger partial charge in [0.1, 0.15) is 11.3 Å². The van der Waals surface area contributed by atoms with Crippen molar-refractivity contribution in [3.63, 3.8) is 0 Å². The lowest BCUT2D eigenvalue weighted by molar-refractivity contribution is 0.0906. The highest BCUT2D eigenvalue weighted by Gasteiger charge is 2.33. The molecule has 0 unspecified atom stereocenters. The molecule has 0 atom stereocenters. The van der Waals surface area contributed by atoms with Crippen LogP contribution < -0.4 is 16.6 Å². The maximum Gasteiger partial charge on any atom is 0.257 e. The topological polar surface area (TPSA) is 127 Å². The van der Waals surface area contributed by atoms with Gasteiger partial charge in [0.2, 0.25) is 5.95 Å². The van der Waals surface area contributed by atoms with Crippen LogP contribution in [0.2, 0.25) is 0 Å². The third-order valence-corrected chi connectivity index (χ3v) is 3.93. The van der Waals surface area contributed by atoms with E-state index < -0.39 is 0 Å². The van der Waals surface area contributed by atoms with E-state index in [1.54, 1.807) is 13.8 Å². The van der Waals surface area contributed by atoms with Gasteiger partial charge < -0.3 is 15.6 Å². The number of aromatic amines is 1. The summed E-state index contributed by atoms with van der Waals surface area (Å²) in [7, 11) is 0. The Morgan fingerprint density at radius 1 is 1.45 bits per heavy atom. The third kappa shape index (κ3) is 2.59. The fourth-order valence-electron chi connectivity index (χ4n) is 2.75. The first-order valence-electron chi connectivity index (χ1n) is 7.04. The Labute approximate surface area is 126 Å². The molecular formula is C14H17N5O3. The predicted octanol–water partition coefficient (Wildman–Crippen LogP) is 0.633. The molecule has 2 aromatic rings. The van der Waals surface area contributed by atoms with Crippen LogP contribution in [0.15, 0.2) is 15.4 Å². The summed E-state index contributed by atoms with van der Waals surface area (Å²) in [5, 5.41) is 6.72. The van der Waals surface area contributed by atoms with E-state index >= 15 is 0 Å². The predicted molar refractivity (Wildman–Crippen MR) is 78.5 cm³/mol. The van der Waals surface area contributed by atoms with Gasteiger partial charge in [0.25, 0.3) is 11.5 Å². The molecule has 2 aromatic heterocycles. The zero-order chi connectivity index (χ0) is 15.9. The standard InChI is InChI=1S/C14H17N5O3/c1-6-12(7(2)22-19-6)13(21)16-9-3-8(4-9)10-5-11(20)18-14(15)17-10/h5,8-9H,3-4H2,1-2H3,(H,16,21)(H3,15,17,18,20). The lowest BCUT2D eigenvalue weighted by Crippen LogP contribution is -2.44. The summed E-state index contributed by atoms with van der Waals surface area (Å²) in [6, 6.07) is 1.50. The average molecular weight is 303 g/mol. The summed E-state index contributed by atoms with van der Waals surface area (Å²) < 4.78 is 4.99. The number of amides is 1. The number of nitrogens with zero attached hydrogens (tertiary/aromatic N) is 2. The Balaban J connectivity index is 1.62. The molecule has 0 bridgehead atoms. The number of H-pyrrole nitrogens is 1. The van der Waals surface area contributed by atoms with E-state index in [1.807, 2.05) is 0 Å². The van der Waals surface area contributed by atoms with Crippen molar-refractivity contribution in [3.05, 3.63) is 39.1 Å². The molecule has 0 aliphatic heterocycles. The van der Waals surface area contributed by atoms with Crippen LogP contribution in [0.4, 0.5) is 5.95 Å². The second-order valence-corrected chi connectivity index (χ2v) is 5.59. The van der Waals surface area contributed by atoms with Gasteiger partial charge in [0, 0.05) is 18.0 Å². The van der Waals surface area contributed by atoms with Crippen LogP contribution in [-0.2, 0) is 0 Å². The SMILES string of the molecule is Cc1noc(C)c1C(=O)NC1CC(c2cc(=O)[nH]c(N)n2)C1. The van der Waals surface area contributed by atoms with Crippen molar-refractivity contribution in [2.75, 3.05) is 5.73 Å². The second kappa shape index (κ2) is 5.28. The number of hydrogen-bond acceptors (Lipinski definition) is 6. The summed E-state index contributed by atoms with van der Waals surface area (Å²) in [6.07, 6.45) is 1.45. The van der Waals surface area contributed by atoms with Crippen LogP contribution >= 0.6 is 0 Å². The van der Waals surface area contributed by atoms with Gasteiger partial charge in [0.15, 0.2) is 0 Å². The number of aryl methyl sites for hydroxylation is 2. The largest absolute Gasteiger partial charge is 0.369 e. The van der Waals surface area contributed by atoms with Crippen molar-refractivity contribution in [2.45, 2.75) is 38.6 Å². The zero-order valence-corrected chi connectivity index (χ0v) is 12.3. The number of nitrogens with two attached hydrogens (primary N) is 1. The number of nitrogens with one attached hydrogen (secondary N) is 2. The summed E-state index contributed by atoms with van der Waals surface area (Å²) >= 11 is 0. The van der Waals surface area contributed by atoms with E-state index in [-0.39, 0.29) is 29.4 Å². The molecule has 1 saturated carbocycles. The minimum absolute atomic E-state index is 0.0495. The molecular weight excluding hydrogens is 286 g/mol. The van der Waals surface area contributed by atoms with Gasteiger partial charge in [-0.2, -0.15) is 0 Å². The summed E-state index contributed by atoms with van der Waals surface area (Å²) in [4.78, 5) is 30.1. The Hall–Kier alpha value is -2.64. The summed E-state index contributed by atoms with van der Waals surface area (Å²) in [5.41, 5.74) is 7.01. The molecule has 2 heterocycles. The minimum atomic E-state index is -0.259. The van der Waals surface area contributed by atoms with Crippen LogP contribution in [-0.4, -0.2) is 27.1 Å². The lowest BCUT2D eigenvalue weighted by atomic mass is 9.78. The van der Waals surface area contributed by atoms with E-state index in [0.29, 0.717) is 22.7 Å². The monoisotopic (exact) mass is 303 g/mol. The van der Waals surface area contributed by atoms with E-state index in [1.165, 1.54) is 6.07 Å². The molecule has 0 saturated heterocycles. The highest BCUT2D eigenvalue weighted by atomic mass is 16.5. The highest BCUT2D eigenvalue weighted by Crippen LogP contribution is 2.35. The Morgan fingerprint density at radius 2 is 2.18 bits per heavy atom. The van der Waals surface area contributed by atoms with Gasteiger partial charge >= 0.3 is 0 Å². The number of aromatic nitrogens is 3. The zero-order valence-electron chi connectivity index (χ0n) is 12.3. The van der Waals surface area contributed by atoms with E-state index in [4.69, 9.17) is 10.3 Å². The molecule has 0 radical (unpaired) electrons. The fourth-order valence-corrected chi connectivity index (χ4v) is 2.75. The summed E-state index contributed by atoms with van der Waals surface area (Å²) in [6.45, 7) is 3.44. The molecule has 8 nitrogen and oxygen atoms in total. The van der Waals surface area contributed by atoms with Gasteiger partial charge in [-0.1, -0.05) is 5.16 Å². The number of hydrogen-bond donors (Lipinski definition) is 3. The quantitative estimate of drug-likeness (QED) is 0.763. The van der Waals surface area contributed by atoms with Crippen molar-refractivity contribution in [2.24, 2.45) is 0 Å². The average Bonchev–Trinajstić information content (AvgIpc) is 2.71. The van der Waals surface area contributed by atoms with Gasteiger partial charge in [0.05, 0.1) is 11.4 Å². The van der Waals surface area contributed by atoms with Crippen LogP contribution in [0, 0.1) is 13.8 Å². The lowest BCUT2D eigenvalue weighted by Gasteiger charge is -2.35. The van der Waals surface area contributed by atoms with Gasteiger partial charge in [-0.3, -0.25) is 14.6 Å². The number of nitrogen functional groups attached to an aromatic ring is 1. The smallest absolute Gasteiger partial charge is 0.257 e. The Morgan fingerprint density at radius 3 is 2.77 bits per heavy atom. The van der Waals surface area contributed by atoms with Crippen molar-refractivity contribution >= 4 is 11.9 Å². The van der Waals surface area contributed by atoms with E-state index in [0.717, 1.165) is 12.8 Å². The maximum absolute atomic E-state index is 12.2. The van der Waals surface area contributed by atoms with E-state index in [9.17, 15) is 9.59 Å². The normalized spacial score (nSPS) is 20.5. The minimum Gasteiger partial charge on any atom is -0.369 e. The molecule has 0 spiro atoms. The Bertz CT molecular complexity index is 754. The first-order valence-corrected chi connectivity index (χ1v) is 7.04. The summed E-state index contributed by atoms with van der Waals surface area (Å²) in [5.74, 6) is 0.582. The maximum atomic E-state index is 12.2. The van der Waals surface area contributed by atoms with Gasteiger partial charge in [-0.25, -0.2) is 4.98 Å². The first-order chi connectivity index (χ1) is 10.4. The molecule has 22 heavy (non-hydrogen) atoms. The van der Waals surface area contributed by atoms with Crippen LogP contribution in [0.3, 0.4) is 0 Å². The van der Waals surface area contributed by atoms with Gasteiger partial charge in [-0.15, -0.1) is 0 Å². The van der Waals surface area contributed by atoms with Crippen LogP contribution in [0.1, 0.15) is 46.3 Å². The van der Waals surface area contributed by atoms with Crippen molar-refractivity contribution < 1.29 is 9.32 Å². The number of rotatable bonds is 3. The van der Waals surface area contributed by atoms with Crippen LogP contribution in [0.5, 0.6) is 0 Å². The molecule has 116 valence electrons. The van der Waals surface area contributed by atoms with Crippen LogP contribution in [0.25, 0.3) is 0 Å². The third-order valence-electron chi connectivity index (χ3n) is 3.93. The van der Waals surface area contributed by atoms with Crippen molar-refractivity contribution in [1.82, 2.24) is 20.4 Å². The van der Waals surface area contributed by atoms with Crippen molar-refractivity contribution in [1.29, 1.82) is 0 Å². The first kappa shape index (κ1) is 14.3. The number of carbonyl (C=O) groups excluding carboxylic acids is 1. The molecule has 4 N–H and O–H groups in total. The molecule has 1 fully saturated rings. The molecule has 1 aliphatic carbocycles. The Kier molecular flexibility index (Phi) is 3.44. The highest BCUT2D eigenvalue weighted by molar-refractivity contribution is 5.96. The second-order valence-electron chi connectivity index (χ2n) is 5.59. The molecule has 0 aromatic carbocycles. The van der Waals surface area contributed by atoms with Crippen molar-refractivity contribution in [3.8, 4) is 0 Å². The molecule has 1 amide bonds. The van der Waals surface area contributed by atoms with E-state index in [2.05, 4.69) is 20.4 Å². The molecule has 1 aliphatic rings. The fraction of sp³-hybridized carbons (Fsp3) is 0.429.